The number of para-hydroxylation sites is 1. The molecule has 1 aromatic heterocycles. The minimum Gasteiger partial charge on any atom is -0.459 e. The maximum atomic E-state index is 13.5. The Labute approximate surface area is 112 Å². The average molecular weight is 277 g/mol. The van der Waals surface area contributed by atoms with Gasteiger partial charge in [0.05, 0.1) is 12.2 Å². The fourth-order valence-corrected chi connectivity index (χ4v) is 1.97. The summed E-state index contributed by atoms with van der Waals surface area (Å²) >= 11 is 0. The van der Waals surface area contributed by atoms with Gasteiger partial charge in [-0.05, 0) is 24.3 Å². The van der Waals surface area contributed by atoms with Crippen molar-refractivity contribution in [2.24, 2.45) is 0 Å². The van der Waals surface area contributed by atoms with Crippen molar-refractivity contribution in [3.63, 3.8) is 0 Å². The third-order valence-electron chi connectivity index (χ3n) is 2.96. The zero-order valence-electron chi connectivity index (χ0n) is 10.3. The number of hydrogen-bond donors (Lipinski definition) is 1. The number of rotatable bonds is 3. The van der Waals surface area contributed by atoms with Gasteiger partial charge in [0.25, 0.3) is 0 Å². The van der Waals surface area contributed by atoms with Crippen LogP contribution in [0, 0.1) is 17.5 Å². The van der Waals surface area contributed by atoms with Crippen molar-refractivity contribution >= 4 is 16.7 Å². The lowest BCUT2D eigenvalue weighted by Crippen LogP contribution is -2.03. The first kappa shape index (κ1) is 12.6. The first-order valence-electron chi connectivity index (χ1n) is 6.00. The summed E-state index contributed by atoms with van der Waals surface area (Å²) in [6, 6.07) is 11.3. The Morgan fingerprint density at radius 3 is 2.55 bits per heavy atom. The van der Waals surface area contributed by atoms with Gasteiger partial charge in [-0.1, -0.05) is 18.2 Å². The molecule has 0 radical (unpaired) electrons. The molecular weight excluding hydrogens is 267 g/mol. The van der Waals surface area contributed by atoms with Gasteiger partial charge in [0, 0.05) is 5.39 Å². The van der Waals surface area contributed by atoms with Crippen LogP contribution in [0.3, 0.4) is 0 Å². The number of furan rings is 1. The molecule has 3 aromatic rings. The predicted octanol–water partition coefficient (Wildman–Crippen LogP) is 4.46. The molecule has 0 atom stereocenters. The molecule has 102 valence electrons. The molecule has 20 heavy (non-hydrogen) atoms. The fourth-order valence-electron chi connectivity index (χ4n) is 1.97. The number of fused-ring (bicyclic) bond motifs is 1. The largest absolute Gasteiger partial charge is 0.459 e. The summed E-state index contributed by atoms with van der Waals surface area (Å²) in [6.45, 7) is 0.177. The van der Waals surface area contributed by atoms with Crippen LogP contribution in [0.4, 0.5) is 18.9 Å². The summed E-state index contributed by atoms with van der Waals surface area (Å²) in [4.78, 5) is 0. The lowest BCUT2D eigenvalue weighted by Gasteiger charge is -2.06. The summed E-state index contributed by atoms with van der Waals surface area (Å²) in [5.74, 6) is -3.35. The van der Waals surface area contributed by atoms with Gasteiger partial charge < -0.3 is 9.73 Å². The van der Waals surface area contributed by atoms with E-state index in [4.69, 9.17) is 4.42 Å². The second-order valence-electron chi connectivity index (χ2n) is 4.33. The topological polar surface area (TPSA) is 25.2 Å². The molecule has 0 spiro atoms. The van der Waals surface area contributed by atoms with Crippen molar-refractivity contribution in [3.05, 3.63) is 65.7 Å². The Hall–Kier alpha value is -2.43. The molecule has 3 rings (SSSR count). The highest BCUT2D eigenvalue weighted by molar-refractivity contribution is 5.77. The molecule has 1 heterocycles. The van der Waals surface area contributed by atoms with Gasteiger partial charge in [-0.3, -0.25) is 0 Å². The summed E-state index contributed by atoms with van der Waals surface area (Å²) in [6.07, 6.45) is 0. The van der Waals surface area contributed by atoms with E-state index in [1.54, 1.807) is 6.07 Å². The summed E-state index contributed by atoms with van der Waals surface area (Å²) < 4.78 is 44.9. The average Bonchev–Trinajstić information content (AvgIpc) is 2.87. The molecule has 0 saturated heterocycles. The normalized spacial score (nSPS) is 10.9. The summed E-state index contributed by atoms with van der Waals surface area (Å²) in [5, 5.41) is 3.61. The Morgan fingerprint density at radius 1 is 0.950 bits per heavy atom. The molecule has 5 heteroatoms. The van der Waals surface area contributed by atoms with Crippen LogP contribution in [0.1, 0.15) is 5.76 Å². The van der Waals surface area contributed by atoms with Crippen molar-refractivity contribution in [2.45, 2.75) is 6.54 Å². The van der Waals surface area contributed by atoms with E-state index in [0.29, 0.717) is 5.76 Å². The van der Waals surface area contributed by atoms with Gasteiger partial charge in [0.2, 0.25) is 0 Å². The van der Waals surface area contributed by atoms with Crippen molar-refractivity contribution in [1.29, 1.82) is 0 Å². The Balaban J connectivity index is 1.81. The van der Waals surface area contributed by atoms with E-state index in [-0.39, 0.29) is 12.2 Å². The molecule has 2 aromatic carbocycles. The van der Waals surface area contributed by atoms with Gasteiger partial charge in [0.15, 0.2) is 17.5 Å². The molecule has 0 amide bonds. The van der Waals surface area contributed by atoms with Crippen LogP contribution in [0.15, 0.2) is 46.9 Å². The van der Waals surface area contributed by atoms with Crippen molar-refractivity contribution in [2.75, 3.05) is 5.32 Å². The standard InChI is InChI=1S/C15H10F3NO/c16-11-5-6-12(15(18)14(11)17)19-8-10-7-9-3-1-2-4-13(9)20-10/h1-7,19H,8H2. The van der Waals surface area contributed by atoms with Gasteiger partial charge in [-0.2, -0.15) is 0 Å². The van der Waals surface area contributed by atoms with Crippen LogP contribution in [0.2, 0.25) is 0 Å². The minimum atomic E-state index is -1.49. The first-order chi connectivity index (χ1) is 9.65. The van der Waals surface area contributed by atoms with Gasteiger partial charge in [-0.25, -0.2) is 13.2 Å². The van der Waals surface area contributed by atoms with Crippen LogP contribution in [-0.4, -0.2) is 0 Å². The van der Waals surface area contributed by atoms with E-state index in [2.05, 4.69) is 5.32 Å². The molecule has 0 aliphatic heterocycles. The van der Waals surface area contributed by atoms with E-state index in [1.165, 1.54) is 0 Å². The lowest BCUT2D eigenvalue weighted by atomic mass is 10.2. The van der Waals surface area contributed by atoms with E-state index in [0.717, 1.165) is 23.1 Å². The quantitative estimate of drug-likeness (QED) is 0.715. The van der Waals surface area contributed by atoms with Crippen LogP contribution >= 0.6 is 0 Å². The third kappa shape index (κ3) is 2.22. The Bertz CT molecular complexity index is 734. The molecule has 0 bridgehead atoms. The Kier molecular flexibility index (Phi) is 3.10. The molecule has 0 unspecified atom stereocenters. The molecule has 0 saturated carbocycles. The Morgan fingerprint density at radius 2 is 1.75 bits per heavy atom. The second kappa shape index (κ2) is 4.92. The maximum absolute atomic E-state index is 13.5. The zero-order chi connectivity index (χ0) is 14.1. The highest BCUT2D eigenvalue weighted by Crippen LogP contribution is 2.22. The third-order valence-corrected chi connectivity index (χ3v) is 2.96. The summed E-state index contributed by atoms with van der Waals surface area (Å²) in [7, 11) is 0. The fraction of sp³-hybridized carbons (Fsp3) is 0.0667. The van der Waals surface area contributed by atoms with Crippen LogP contribution in [0.5, 0.6) is 0 Å². The van der Waals surface area contributed by atoms with E-state index in [9.17, 15) is 13.2 Å². The minimum absolute atomic E-state index is 0.107. The molecule has 0 aliphatic carbocycles. The number of anilines is 1. The van der Waals surface area contributed by atoms with Crippen molar-refractivity contribution in [3.8, 4) is 0 Å². The lowest BCUT2D eigenvalue weighted by molar-refractivity contribution is 0.448. The van der Waals surface area contributed by atoms with Crippen molar-refractivity contribution in [1.82, 2.24) is 0 Å². The molecule has 0 fully saturated rings. The highest BCUT2D eigenvalue weighted by Gasteiger charge is 2.13. The van der Waals surface area contributed by atoms with E-state index >= 15 is 0 Å². The van der Waals surface area contributed by atoms with Crippen LogP contribution in [-0.2, 0) is 6.54 Å². The van der Waals surface area contributed by atoms with Gasteiger partial charge in [-0.15, -0.1) is 0 Å². The molecular formula is C15H10F3NO. The van der Waals surface area contributed by atoms with Crippen molar-refractivity contribution < 1.29 is 17.6 Å². The first-order valence-corrected chi connectivity index (χ1v) is 6.00. The number of benzene rings is 2. The van der Waals surface area contributed by atoms with Gasteiger partial charge >= 0.3 is 0 Å². The zero-order valence-corrected chi connectivity index (χ0v) is 10.3. The summed E-state index contributed by atoms with van der Waals surface area (Å²) in [5.41, 5.74) is 0.611. The number of hydrogen-bond acceptors (Lipinski definition) is 2. The van der Waals surface area contributed by atoms with E-state index < -0.39 is 17.5 Å². The molecule has 0 aliphatic rings. The second-order valence-corrected chi connectivity index (χ2v) is 4.33. The maximum Gasteiger partial charge on any atom is 0.196 e. The monoisotopic (exact) mass is 277 g/mol. The smallest absolute Gasteiger partial charge is 0.196 e. The highest BCUT2D eigenvalue weighted by atomic mass is 19.2. The molecule has 2 nitrogen and oxygen atoms in total. The van der Waals surface area contributed by atoms with Crippen LogP contribution < -0.4 is 5.32 Å². The van der Waals surface area contributed by atoms with Crippen LogP contribution in [0.25, 0.3) is 11.0 Å². The number of halogens is 3. The number of nitrogens with one attached hydrogen (secondary N) is 1. The predicted molar refractivity (Wildman–Crippen MR) is 69.9 cm³/mol. The SMILES string of the molecule is Fc1ccc(NCc2cc3ccccc3o2)c(F)c1F. The van der Waals surface area contributed by atoms with Gasteiger partial charge in [0.1, 0.15) is 11.3 Å². The molecule has 1 N–H and O–H groups in total. The van der Waals surface area contributed by atoms with E-state index in [1.807, 2.05) is 24.3 Å².